The van der Waals surface area contributed by atoms with E-state index in [4.69, 9.17) is 35.3 Å². The summed E-state index contributed by atoms with van der Waals surface area (Å²) in [6.07, 6.45) is 3.77. The average molecular weight is 784 g/mol. The quantitative estimate of drug-likeness (QED) is 0.196. The van der Waals surface area contributed by atoms with Crippen LogP contribution in [0.1, 0.15) is 58.9 Å². The van der Waals surface area contributed by atoms with Crippen molar-refractivity contribution in [2.45, 2.75) is 101 Å². The van der Waals surface area contributed by atoms with E-state index in [-0.39, 0.29) is 36.6 Å². The Morgan fingerprint density at radius 2 is 1.92 bits per heavy atom. The highest BCUT2D eigenvalue weighted by atomic mass is 35.5. The Labute approximate surface area is 318 Å². The fraction of sp³-hybridized carbons (Fsp3) is 0.611. The number of hydrogen-bond donors (Lipinski definition) is 2. The van der Waals surface area contributed by atoms with Gasteiger partial charge in [-0.25, -0.2) is 9.59 Å². The smallest absolute Gasteiger partial charge is 0.409 e. The molecule has 0 aliphatic carbocycles. The summed E-state index contributed by atoms with van der Waals surface area (Å²) in [4.78, 5) is 56.2. The van der Waals surface area contributed by atoms with Crippen LogP contribution in [0.15, 0.2) is 35.9 Å². The van der Waals surface area contributed by atoms with Crippen molar-refractivity contribution >= 4 is 62.8 Å². The summed E-state index contributed by atoms with van der Waals surface area (Å²) in [5, 5.41) is 14.5. The number of esters is 1. The van der Waals surface area contributed by atoms with Gasteiger partial charge in [-0.2, -0.15) is 0 Å². The third-order valence-electron chi connectivity index (χ3n) is 9.96. The van der Waals surface area contributed by atoms with Gasteiger partial charge in [0.25, 0.3) is 0 Å². The molecule has 288 valence electrons. The Bertz CT molecular complexity index is 1590. The largest absolute Gasteiger partial charge is 0.495 e. The third kappa shape index (κ3) is 9.22. The average Bonchev–Trinajstić information content (AvgIpc) is 3.07. The number of rotatable bonds is 9. The van der Waals surface area contributed by atoms with Crippen molar-refractivity contribution in [1.82, 2.24) is 10.2 Å². The minimum absolute atomic E-state index is 0.0914. The molecule has 0 radical (unpaired) electrons. The number of aliphatic hydroxyl groups is 1. The van der Waals surface area contributed by atoms with Crippen LogP contribution in [0.25, 0.3) is 0 Å². The predicted molar refractivity (Wildman–Crippen MR) is 202 cm³/mol. The lowest BCUT2D eigenvalue weighted by Crippen LogP contribution is -2.72. The first-order valence-corrected chi connectivity index (χ1v) is 20.0. The molecule has 2 fully saturated rings. The van der Waals surface area contributed by atoms with E-state index in [0.29, 0.717) is 23.6 Å². The zero-order chi connectivity index (χ0) is 38.6. The van der Waals surface area contributed by atoms with Crippen molar-refractivity contribution in [3.05, 3.63) is 46.5 Å². The number of fused-ring (bicyclic) bond motifs is 6. The standard InChI is InChI=1S/C36H50ClN3O10S2/c1-21-11-10-12-26(47-8)36(45)19-28(49-33(44)38-36)35(4)20-34(3,50-35)27(48-32(43)22(2)39(5)29(41)13-14-52-51-9)18-30(42)40(6)24-16-23(15-21)17-25(46-7)31(24)37/h10-12,16-17,22,26-28,45H,13-15,18-20H2,1-9H3,(H,38,44)/b12-10+,21-11+. The topological polar surface area (TPSA) is 153 Å². The maximum atomic E-state index is 14.1. The highest BCUT2D eigenvalue weighted by Crippen LogP contribution is 2.50. The summed E-state index contributed by atoms with van der Waals surface area (Å²) in [5.41, 5.74) is -2.09. The van der Waals surface area contributed by atoms with Crippen LogP contribution in [0, 0.1) is 0 Å². The molecule has 0 saturated carbocycles. The number of benzene rings is 1. The van der Waals surface area contributed by atoms with Gasteiger partial charge in [-0.15, -0.1) is 0 Å². The summed E-state index contributed by atoms with van der Waals surface area (Å²) < 4.78 is 29.5. The van der Waals surface area contributed by atoms with Crippen molar-refractivity contribution in [2.75, 3.05) is 45.2 Å². The van der Waals surface area contributed by atoms with Crippen LogP contribution in [-0.4, -0.2) is 115 Å². The highest BCUT2D eigenvalue weighted by molar-refractivity contribution is 8.76. The van der Waals surface area contributed by atoms with Gasteiger partial charge in [0.15, 0.2) is 5.72 Å². The molecule has 0 aromatic heterocycles. The molecule has 4 aliphatic rings. The first kappa shape index (κ1) is 41.8. The molecule has 6 bridgehead atoms. The molecule has 2 saturated heterocycles. The van der Waals surface area contributed by atoms with Gasteiger partial charge in [0.2, 0.25) is 11.8 Å². The van der Waals surface area contributed by atoms with Gasteiger partial charge in [-0.05, 0) is 58.1 Å². The molecule has 13 nitrogen and oxygen atoms in total. The van der Waals surface area contributed by atoms with Crippen molar-refractivity contribution < 1.29 is 48.0 Å². The number of carbonyl (C=O) groups is 4. The number of methoxy groups -OCH3 is 2. The minimum atomic E-state index is -1.85. The van der Waals surface area contributed by atoms with Gasteiger partial charge < -0.3 is 38.6 Å². The Kier molecular flexibility index (Phi) is 13.7. The number of allylic oxidation sites excluding steroid dienone is 3. The van der Waals surface area contributed by atoms with E-state index in [2.05, 4.69) is 5.32 Å². The van der Waals surface area contributed by atoms with E-state index in [1.807, 2.05) is 19.3 Å². The van der Waals surface area contributed by atoms with Gasteiger partial charge in [0.1, 0.15) is 46.3 Å². The number of likely N-dealkylation sites (N-methyl/N-ethyl adjacent to an activating group) is 1. The van der Waals surface area contributed by atoms with Crippen molar-refractivity contribution in [3.63, 3.8) is 0 Å². The number of hydrogen-bond acceptors (Lipinski definition) is 12. The number of alkyl carbamates (subject to hydrolysis) is 1. The zero-order valence-electron chi connectivity index (χ0n) is 31.1. The molecule has 7 unspecified atom stereocenters. The summed E-state index contributed by atoms with van der Waals surface area (Å²) in [6.45, 7) is 6.93. The van der Waals surface area contributed by atoms with Gasteiger partial charge in [0.05, 0.1) is 19.2 Å². The second-order valence-corrected chi connectivity index (χ2v) is 17.0. The van der Waals surface area contributed by atoms with E-state index >= 15 is 0 Å². The molecule has 3 amide bonds. The number of nitrogens with zero attached hydrogens (tertiary/aromatic N) is 2. The number of amides is 3. The predicted octanol–water partition coefficient (Wildman–Crippen LogP) is 5.06. The molecule has 2 N–H and O–H groups in total. The highest BCUT2D eigenvalue weighted by Gasteiger charge is 2.63. The molecular weight excluding hydrogens is 734 g/mol. The fourth-order valence-electron chi connectivity index (χ4n) is 6.90. The first-order valence-electron chi connectivity index (χ1n) is 16.9. The van der Waals surface area contributed by atoms with Crippen molar-refractivity contribution in [3.8, 4) is 5.75 Å². The van der Waals surface area contributed by atoms with Gasteiger partial charge in [0, 0.05) is 46.2 Å². The lowest BCUT2D eigenvalue weighted by molar-refractivity contribution is -0.328. The molecule has 5 rings (SSSR count). The van der Waals surface area contributed by atoms with Gasteiger partial charge >= 0.3 is 12.1 Å². The number of nitrogens with one attached hydrogen (secondary N) is 1. The number of anilines is 1. The van der Waals surface area contributed by atoms with Crippen LogP contribution in [0.3, 0.4) is 0 Å². The lowest BCUT2D eigenvalue weighted by Gasteiger charge is -2.59. The van der Waals surface area contributed by atoms with Crippen molar-refractivity contribution in [1.29, 1.82) is 0 Å². The third-order valence-corrected chi connectivity index (χ3v) is 12.1. The summed E-state index contributed by atoms with van der Waals surface area (Å²) >= 11 is 6.75. The first-order chi connectivity index (χ1) is 24.4. The van der Waals surface area contributed by atoms with E-state index in [9.17, 15) is 24.3 Å². The monoisotopic (exact) mass is 783 g/mol. The van der Waals surface area contributed by atoms with Crippen LogP contribution >= 0.6 is 33.2 Å². The number of carbonyl (C=O) groups excluding carboxylic acids is 4. The van der Waals surface area contributed by atoms with Crippen LogP contribution in [0.5, 0.6) is 5.75 Å². The maximum Gasteiger partial charge on any atom is 0.409 e. The van der Waals surface area contributed by atoms with E-state index in [0.717, 1.165) is 11.1 Å². The Morgan fingerprint density at radius 1 is 1.23 bits per heavy atom. The van der Waals surface area contributed by atoms with E-state index in [1.54, 1.807) is 73.7 Å². The van der Waals surface area contributed by atoms with E-state index in [1.165, 1.54) is 31.1 Å². The van der Waals surface area contributed by atoms with Gasteiger partial charge in [-0.1, -0.05) is 57.0 Å². The molecule has 52 heavy (non-hydrogen) atoms. The SMILES string of the molecule is COc1cc2cc(c1Cl)N(C)C(=O)CC(OC(=O)C(C)N(C)C(=O)CCSSC)C1(C)CC(C)(O1)C1CC(O)(NC(=O)O1)C(OC)/C=C/C=C(\C)C2. The molecule has 4 heterocycles. The molecule has 1 aromatic rings. The van der Waals surface area contributed by atoms with Crippen LogP contribution in [-0.2, 0) is 39.8 Å². The van der Waals surface area contributed by atoms with Gasteiger partial charge in [-0.3, -0.25) is 14.9 Å². The number of halogens is 1. The minimum Gasteiger partial charge on any atom is -0.495 e. The van der Waals surface area contributed by atoms with Crippen LogP contribution in [0.4, 0.5) is 10.5 Å². The summed E-state index contributed by atoms with van der Waals surface area (Å²) in [6, 6.07) is 2.63. The molecule has 0 spiro atoms. The molecule has 1 aromatic carbocycles. The second-order valence-electron chi connectivity index (χ2n) is 13.9. The molecule has 16 heteroatoms. The second kappa shape index (κ2) is 17.0. The van der Waals surface area contributed by atoms with Crippen molar-refractivity contribution in [2.24, 2.45) is 0 Å². The Morgan fingerprint density at radius 3 is 2.56 bits per heavy atom. The molecule has 4 aliphatic heterocycles. The number of ether oxygens (including phenoxy) is 5. The summed E-state index contributed by atoms with van der Waals surface area (Å²) in [5.74, 6) is -0.408. The molecular formula is C36H50ClN3O10S2. The fourth-order valence-corrected chi connectivity index (χ4v) is 8.39. The van der Waals surface area contributed by atoms with E-state index < -0.39 is 59.3 Å². The normalized spacial score (nSPS) is 31.6. The summed E-state index contributed by atoms with van der Waals surface area (Å²) in [7, 11) is 9.13. The Hall–Kier alpha value is -2.95. The molecule has 7 atom stereocenters. The lowest BCUT2D eigenvalue weighted by atomic mass is 9.72. The Balaban J connectivity index is 1.75. The zero-order valence-corrected chi connectivity index (χ0v) is 33.5. The van der Waals surface area contributed by atoms with Crippen LogP contribution < -0.4 is 15.0 Å². The van der Waals surface area contributed by atoms with Crippen LogP contribution in [0.2, 0.25) is 5.02 Å². The maximum absolute atomic E-state index is 14.1.